The number of hydrogen-bond donors (Lipinski definition) is 2. The molecule has 2 N–H and O–H groups in total. The van der Waals surface area contributed by atoms with Gasteiger partial charge < -0.3 is 25.0 Å². The highest BCUT2D eigenvalue weighted by molar-refractivity contribution is 5.75. The highest BCUT2D eigenvalue weighted by Crippen LogP contribution is 2.29. The molecular weight excluding hydrogens is 310 g/mol. The number of piperidine rings is 1. The van der Waals surface area contributed by atoms with Crippen molar-refractivity contribution < 1.29 is 19.4 Å². The summed E-state index contributed by atoms with van der Waals surface area (Å²) in [5.41, 5.74) is 1.07. The van der Waals surface area contributed by atoms with E-state index in [1.165, 1.54) is 4.90 Å². The molecule has 0 aliphatic carbocycles. The molecule has 0 spiro atoms. The molecule has 1 aromatic carbocycles. The van der Waals surface area contributed by atoms with Crippen molar-refractivity contribution in [3.05, 3.63) is 24.3 Å². The number of nitrogens with one attached hydrogen (secondary N) is 1. The number of aliphatic carboxylic acids is 1. The summed E-state index contributed by atoms with van der Waals surface area (Å²) in [5.74, 6) is -0.0480. The van der Waals surface area contributed by atoms with Crippen molar-refractivity contribution in [3.8, 4) is 5.75 Å². The molecule has 1 saturated heterocycles. The third-order valence-corrected chi connectivity index (χ3v) is 4.26. The lowest BCUT2D eigenvalue weighted by Gasteiger charge is -2.35. The molecule has 0 bridgehead atoms. The molecule has 132 valence electrons. The van der Waals surface area contributed by atoms with Gasteiger partial charge in [0.1, 0.15) is 5.75 Å². The van der Waals surface area contributed by atoms with Crippen molar-refractivity contribution in [3.63, 3.8) is 0 Å². The average molecular weight is 335 g/mol. The Balaban J connectivity index is 1.82. The minimum Gasteiger partial charge on any atom is -0.495 e. The molecule has 1 aliphatic heterocycles. The molecule has 7 heteroatoms. The van der Waals surface area contributed by atoms with Crippen LogP contribution < -0.4 is 15.0 Å². The van der Waals surface area contributed by atoms with Crippen LogP contribution in [0.3, 0.4) is 0 Å². The zero-order valence-corrected chi connectivity index (χ0v) is 14.2. The van der Waals surface area contributed by atoms with Gasteiger partial charge in [-0.25, -0.2) is 4.79 Å². The van der Waals surface area contributed by atoms with Gasteiger partial charge in [0, 0.05) is 32.7 Å². The maximum Gasteiger partial charge on any atom is 0.317 e. The van der Waals surface area contributed by atoms with Crippen molar-refractivity contribution in [2.45, 2.75) is 25.3 Å². The van der Waals surface area contributed by atoms with E-state index in [1.54, 1.807) is 14.2 Å². The van der Waals surface area contributed by atoms with Gasteiger partial charge in [0.2, 0.25) is 0 Å². The Hall–Kier alpha value is -2.44. The molecule has 0 unspecified atom stereocenters. The second-order valence-corrected chi connectivity index (χ2v) is 5.95. The van der Waals surface area contributed by atoms with Gasteiger partial charge in [-0.1, -0.05) is 12.1 Å². The topological polar surface area (TPSA) is 82.1 Å². The van der Waals surface area contributed by atoms with Crippen LogP contribution >= 0.6 is 0 Å². The summed E-state index contributed by atoms with van der Waals surface area (Å²) in [6.07, 6.45) is 1.64. The third kappa shape index (κ3) is 4.78. The largest absolute Gasteiger partial charge is 0.495 e. The third-order valence-electron chi connectivity index (χ3n) is 4.26. The predicted molar refractivity (Wildman–Crippen MR) is 91.6 cm³/mol. The maximum absolute atomic E-state index is 12.1. The lowest BCUT2D eigenvalue weighted by Crippen LogP contribution is -2.48. The van der Waals surface area contributed by atoms with Gasteiger partial charge >= 0.3 is 12.0 Å². The van der Waals surface area contributed by atoms with E-state index in [0.29, 0.717) is 0 Å². The summed E-state index contributed by atoms with van der Waals surface area (Å²) in [4.78, 5) is 26.3. The Bertz CT molecular complexity index is 571. The van der Waals surface area contributed by atoms with Gasteiger partial charge in [-0.2, -0.15) is 0 Å². The van der Waals surface area contributed by atoms with E-state index in [2.05, 4.69) is 10.2 Å². The van der Waals surface area contributed by atoms with E-state index >= 15 is 0 Å². The number of carboxylic acid groups (broad SMARTS) is 1. The summed E-state index contributed by atoms with van der Waals surface area (Å²) in [6, 6.07) is 7.81. The number of amides is 2. The lowest BCUT2D eigenvalue weighted by molar-refractivity contribution is -0.137. The van der Waals surface area contributed by atoms with E-state index < -0.39 is 5.97 Å². The first-order valence-electron chi connectivity index (χ1n) is 8.12. The molecule has 2 rings (SSSR count). The fourth-order valence-electron chi connectivity index (χ4n) is 2.81. The second kappa shape index (κ2) is 8.42. The SMILES string of the molecule is COc1ccccc1N1CCC(NC(=O)N(C)CCC(=O)O)CC1. The first kappa shape index (κ1) is 17.9. The van der Waals surface area contributed by atoms with Gasteiger partial charge in [0.25, 0.3) is 0 Å². The molecule has 0 saturated carbocycles. The number of nitrogens with zero attached hydrogens (tertiary/aromatic N) is 2. The Kier molecular flexibility index (Phi) is 6.28. The predicted octanol–water partition coefficient (Wildman–Crippen LogP) is 1.78. The van der Waals surface area contributed by atoms with Crippen LogP contribution in [0.2, 0.25) is 0 Å². The van der Waals surface area contributed by atoms with Crippen LogP contribution in [-0.4, -0.2) is 61.8 Å². The molecule has 1 fully saturated rings. The number of ether oxygens (including phenoxy) is 1. The van der Waals surface area contributed by atoms with E-state index in [0.717, 1.165) is 37.4 Å². The Labute approximate surface area is 142 Å². The van der Waals surface area contributed by atoms with Gasteiger partial charge in [-0.15, -0.1) is 0 Å². The highest BCUT2D eigenvalue weighted by Gasteiger charge is 2.23. The summed E-state index contributed by atoms with van der Waals surface area (Å²) in [6.45, 7) is 1.88. The Morgan fingerprint density at radius 3 is 2.62 bits per heavy atom. The molecular formula is C17H25N3O4. The van der Waals surface area contributed by atoms with Gasteiger partial charge in [-0.3, -0.25) is 4.79 Å². The number of benzene rings is 1. The highest BCUT2D eigenvalue weighted by atomic mass is 16.5. The average Bonchev–Trinajstić information content (AvgIpc) is 2.60. The number of urea groups is 1. The van der Waals surface area contributed by atoms with Crippen LogP contribution in [0.1, 0.15) is 19.3 Å². The normalized spacial score (nSPS) is 15.0. The quantitative estimate of drug-likeness (QED) is 0.828. The maximum atomic E-state index is 12.1. The Morgan fingerprint density at radius 1 is 1.33 bits per heavy atom. The van der Waals surface area contributed by atoms with Gasteiger partial charge in [0.05, 0.1) is 19.2 Å². The summed E-state index contributed by atoms with van der Waals surface area (Å²) in [5, 5.41) is 11.7. The zero-order valence-electron chi connectivity index (χ0n) is 14.2. The van der Waals surface area contributed by atoms with E-state index in [9.17, 15) is 9.59 Å². The number of methoxy groups -OCH3 is 1. The molecule has 7 nitrogen and oxygen atoms in total. The molecule has 2 amide bonds. The van der Waals surface area contributed by atoms with Gasteiger partial charge in [-0.05, 0) is 25.0 Å². The van der Waals surface area contributed by atoms with Crippen molar-refractivity contribution >= 4 is 17.7 Å². The number of rotatable bonds is 6. The standard InChI is InChI=1S/C17H25N3O4/c1-19(10-9-16(21)22)17(23)18-13-7-11-20(12-8-13)14-5-3-4-6-15(14)24-2/h3-6,13H,7-12H2,1-2H3,(H,18,23)(H,21,22). The number of carboxylic acids is 1. The van der Waals surface area contributed by atoms with Crippen molar-refractivity contribution in [1.82, 2.24) is 10.2 Å². The summed E-state index contributed by atoms with van der Waals surface area (Å²) < 4.78 is 5.40. The second-order valence-electron chi connectivity index (χ2n) is 5.95. The van der Waals surface area contributed by atoms with Crippen LogP contribution in [0.25, 0.3) is 0 Å². The van der Waals surface area contributed by atoms with E-state index in [-0.39, 0.29) is 25.0 Å². The zero-order chi connectivity index (χ0) is 17.5. The van der Waals surface area contributed by atoms with Gasteiger partial charge in [0.15, 0.2) is 0 Å². The van der Waals surface area contributed by atoms with Crippen LogP contribution in [0.5, 0.6) is 5.75 Å². The van der Waals surface area contributed by atoms with E-state index in [4.69, 9.17) is 9.84 Å². The summed E-state index contributed by atoms with van der Waals surface area (Å²) in [7, 11) is 3.28. The molecule has 0 radical (unpaired) electrons. The van der Waals surface area contributed by atoms with Crippen molar-refractivity contribution in [1.29, 1.82) is 0 Å². The molecule has 1 aromatic rings. The van der Waals surface area contributed by atoms with Crippen LogP contribution in [-0.2, 0) is 4.79 Å². The first-order valence-corrected chi connectivity index (χ1v) is 8.12. The smallest absolute Gasteiger partial charge is 0.317 e. The summed E-state index contributed by atoms with van der Waals surface area (Å²) >= 11 is 0. The monoisotopic (exact) mass is 335 g/mol. The van der Waals surface area contributed by atoms with Crippen LogP contribution in [0.4, 0.5) is 10.5 Å². The van der Waals surface area contributed by atoms with Crippen LogP contribution in [0.15, 0.2) is 24.3 Å². The number of para-hydroxylation sites is 2. The number of carbonyl (C=O) groups excluding carboxylic acids is 1. The minimum atomic E-state index is -0.903. The number of hydrogen-bond acceptors (Lipinski definition) is 4. The number of carbonyl (C=O) groups is 2. The van der Waals surface area contributed by atoms with Crippen LogP contribution in [0, 0.1) is 0 Å². The molecule has 0 aromatic heterocycles. The molecule has 0 atom stereocenters. The number of anilines is 1. The van der Waals surface area contributed by atoms with Crippen molar-refractivity contribution in [2.24, 2.45) is 0 Å². The molecule has 1 heterocycles. The fraction of sp³-hybridized carbons (Fsp3) is 0.529. The Morgan fingerprint density at radius 2 is 2.00 bits per heavy atom. The molecule has 24 heavy (non-hydrogen) atoms. The van der Waals surface area contributed by atoms with Crippen molar-refractivity contribution in [2.75, 3.05) is 38.7 Å². The van der Waals surface area contributed by atoms with E-state index in [1.807, 2.05) is 24.3 Å². The molecule has 1 aliphatic rings. The lowest BCUT2D eigenvalue weighted by atomic mass is 10.0. The fourth-order valence-corrected chi connectivity index (χ4v) is 2.81. The minimum absolute atomic E-state index is 0.0455. The first-order chi connectivity index (χ1) is 11.5.